The molecule has 0 unspecified atom stereocenters. The smallest absolute Gasteiger partial charge is 0.329 e. The molecule has 1 saturated heterocycles. The van der Waals surface area contributed by atoms with Crippen molar-refractivity contribution in [3.63, 3.8) is 0 Å². The van der Waals surface area contributed by atoms with E-state index in [-0.39, 0.29) is 17.3 Å². The number of rotatable bonds is 4. The van der Waals surface area contributed by atoms with Crippen LogP contribution in [-0.2, 0) is 19.6 Å². The summed E-state index contributed by atoms with van der Waals surface area (Å²) in [4.78, 5) is 25.1. The van der Waals surface area contributed by atoms with Crippen molar-refractivity contribution in [3.05, 3.63) is 29.8 Å². The number of ether oxygens (including phenoxy) is 1. The van der Waals surface area contributed by atoms with Gasteiger partial charge in [0.1, 0.15) is 0 Å². The zero-order valence-corrected chi connectivity index (χ0v) is 13.6. The Labute approximate surface area is 134 Å². The van der Waals surface area contributed by atoms with Crippen LogP contribution in [0.3, 0.4) is 0 Å². The molecule has 8 nitrogen and oxygen atoms in total. The molecule has 3 amide bonds. The minimum absolute atomic E-state index is 0.0160. The van der Waals surface area contributed by atoms with Crippen LogP contribution in [0.25, 0.3) is 0 Å². The van der Waals surface area contributed by atoms with Crippen molar-refractivity contribution in [1.29, 1.82) is 0 Å². The molecule has 2 N–H and O–H groups in total. The van der Waals surface area contributed by atoms with Crippen molar-refractivity contribution < 1.29 is 22.7 Å². The van der Waals surface area contributed by atoms with Crippen LogP contribution in [0.4, 0.5) is 4.79 Å². The summed E-state index contributed by atoms with van der Waals surface area (Å²) >= 11 is 0. The molecule has 9 heteroatoms. The molecule has 0 radical (unpaired) electrons. The van der Waals surface area contributed by atoms with Crippen LogP contribution in [0.1, 0.15) is 5.56 Å². The number of nitrogens with zero attached hydrogens (tertiary/aromatic N) is 1. The number of urea groups is 1. The third-order valence-electron chi connectivity index (χ3n) is 3.32. The molecule has 1 heterocycles. The second-order valence-electron chi connectivity index (χ2n) is 5.09. The predicted molar refractivity (Wildman–Crippen MR) is 82.3 cm³/mol. The van der Waals surface area contributed by atoms with Crippen molar-refractivity contribution in [2.75, 3.05) is 32.8 Å². The molecule has 0 bridgehead atoms. The molecule has 1 aromatic carbocycles. The Hall–Kier alpha value is -2.13. The third kappa shape index (κ3) is 4.93. The number of nitrogens with one attached hydrogen (secondary N) is 2. The molecule has 0 spiro atoms. The largest absolute Gasteiger partial charge is 0.378 e. The number of carbonyl (C=O) groups is 2. The first-order chi connectivity index (χ1) is 10.9. The Kier molecular flexibility index (Phi) is 5.56. The van der Waals surface area contributed by atoms with Gasteiger partial charge < -0.3 is 15.0 Å². The lowest BCUT2D eigenvalue weighted by Gasteiger charge is -2.26. The van der Waals surface area contributed by atoms with E-state index in [0.717, 1.165) is 5.56 Å². The monoisotopic (exact) mass is 341 g/mol. The molecule has 126 valence electrons. The molecule has 0 saturated carbocycles. The third-order valence-corrected chi connectivity index (χ3v) is 4.67. The molecular weight excluding hydrogens is 322 g/mol. The van der Waals surface area contributed by atoms with Crippen LogP contribution < -0.4 is 10.0 Å². The van der Waals surface area contributed by atoms with E-state index in [4.69, 9.17) is 4.74 Å². The fourth-order valence-electron chi connectivity index (χ4n) is 2.01. The minimum Gasteiger partial charge on any atom is -0.378 e. The summed E-state index contributed by atoms with van der Waals surface area (Å²) in [6, 6.07) is 5.14. The Morgan fingerprint density at radius 2 is 1.78 bits per heavy atom. The summed E-state index contributed by atoms with van der Waals surface area (Å²) in [5.74, 6) is -0.281. The fraction of sp³-hybridized carbons (Fsp3) is 0.429. The van der Waals surface area contributed by atoms with Gasteiger partial charge in [0.05, 0.1) is 24.7 Å². The van der Waals surface area contributed by atoms with Gasteiger partial charge in [-0.25, -0.2) is 17.9 Å². The van der Waals surface area contributed by atoms with Gasteiger partial charge in [0.2, 0.25) is 5.91 Å². The molecule has 0 aliphatic carbocycles. The summed E-state index contributed by atoms with van der Waals surface area (Å²) in [7, 11) is -3.96. The van der Waals surface area contributed by atoms with E-state index in [0.29, 0.717) is 26.3 Å². The van der Waals surface area contributed by atoms with Crippen LogP contribution in [0.5, 0.6) is 0 Å². The van der Waals surface area contributed by atoms with E-state index in [9.17, 15) is 18.0 Å². The standard InChI is InChI=1S/C14H19N3O5S/c1-11-2-4-12(5-3-11)23(20,21)16-14(19)15-10-13(18)17-6-8-22-9-7-17/h2-5H,6-10H2,1H3,(H2,15,16,19). The molecule has 1 aliphatic heterocycles. The average molecular weight is 341 g/mol. The van der Waals surface area contributed by atoms with E-state index in [2.05, 4.69) is 5.32 Å². The second-order valence-corrected chi connectivity index (χ2v) is 6.78. The van der Waals surface area contributed by atoms with Gasteiger partial charge in [0, 0.05) is 13.1 Å². The van der Waals surface area contributed by atoms with Gasteiger partial charge in [0.15, 0.2) is 0 Å². The molecule has 0 atom stereocenters. The van der Waals surface area contributed by atoms with Gasteiger partial charge in [0.25, 0.3) is 10.0 Å². The SMILES string of the molecule is Cc1ccc(S(=O)(=O)NC(=O)NCC(=O)N2CCOCC2)cc1. The van der Waals surface area contributed by atoms with E-state index >= 15 is 0 Å². The minimum atomic E-state index is -3.96. The maximum atomic E-state index is 12.0. The Morgan fingerprint density at radius 3 is 2.39 bits per heavy atom. The summed E-state index contributed by atoms with van der Waals surface area (Å²) in [5.41, 5.74) is 0.907. The normalized spacial score (nSPS) is 15.1. The van der Waals surface area contributed by atoms with Gasteiger partial charge in [-0.15, -0.1) is 0 Å². The van der Waals surface area contributed by atoms with Crippen molar-refractivity contribution in [2.24, 2.45) is 0 Å². The summed E-state index contributed by atoms with van der Waals surface area (Å²) in [5, 5.41) is 2.26. The molecular formula is C14H19N3O5S. The first-order valence-corrected chi connectivity index (χ1v) is 8.59. The van der Waals surface area contributed by atoms with Crippen molar-refractivity contribution in [2.45, 2.75) is 11.8 Å². The Morgan fingerprint density at radius 1 is 1.17 bits per heavy atom. The molecule has 0 aromatic heterocycles. The number of sulfonamides is 1. The van der Waals surface area contributed by atoms with Crippen molar-refractivity contribution in [3.8, 4) is 0 Å². The second kappa shape index (κ2) is 7.42. The van der Waals surface area contributed by atoms with E-state index in [1.807, 2.05) is 11.6 Å². The van der Waals surface area contributed by atoms with Gasteiger partial charge in [-0.1, -0.05) is 17.7 Å². The average Bonchev–Trinajstić information content (AvgIpc) is 2.53. The topological polar surface area (TPSA) is 105 Å². The van der Waals surface area contributed by atoms with Gasteiger partial charge in [-0.2, -0.15) is 0 Å². The molecule has 1 fully saturated rings. The lowest BCUT2D eigenvalue weighted by atomic mass is 10.2. The van der Waals surface area contributed by atoms with Gasteiger partial charge in [-0.05, 0) is 19.1 Å². The maximum absolute atomic E-state index is 12.0. The highest BCUT2D eigenvalue weighted by Gasteiger charge is 2.20. The highest BCUT2D eigenvalue weighted by molar-refractivity contribution is 7.90. The first-order valence-electron chi connectivity index (χ1n) is 7.11. The number of carbonyl (C=O) groups excluding carboxylic acids is 2. The van der Waals surface area contributed by atoms with E-state index < -0.39 is 16.1 Å². The first kappa shape index (κ1) is 17.2. The molecule has 1 aliphatic rings. The van der Waals surface area contributed by atoms with E-state index in [1.165, 1.54) is 12.1 Å². The number of aryl methyl sites for hydroxylation is 1. The Balaban J connectivity index is 1.86. The lowest BCUT2D eigenvalue weighted by Crippen LogP contribution is -2.48. The van der Waals surface area contributed by atoms with Crippen LogP contribution in [-0.4, -0.2) is 58.1 Å². The highest BCUT2D eigenvalue weighted by atomic mass is 32.2. The van der Waals surface area contributed by atoms with Crippen LogP contribution in [0.15, 0.2) is 29.2 Å². The quantitative estimate of drug-likeness (QED) is 0.792. The van der Waals surface area contributed by atoms with Gasteiger partial charge >= 0.3 is 6.03 Å². The van der Waals surface area contributed by atoms with Crippen molar-refractivity contribution in [1.82, 2.24) is 14.9 Å². The summed E-state index contributed by atoms with van der Waals surface area (Å²) in [6.45, 7) is 3.40. The number of amides is 3. The number of hydrogen-bond donors (Lipinski definition) is 2. The predicted octanol–water partition coefficient (Wildman–Crippen LogP) is -0.158. The number of benzene rings is 1. The van der Waals surface area contributed by atoms with Crippen LogP contribution >= 0.6 is 0 Å². The molecule has 1 aromatic rings. The summed E-state index contributed by atoms with van der Waals surface area (Å²) < 4.78 is 31.0. The molecule has 2 rings (SSSR count). The Bertz CT molecular complexity index is 666. The maximum Gasteiger partial charge on any atom is 0.329 e. The summed E-state index contributed by atoms with van der Waals surface area (Å²) in [6.07, 6.45) is 0. The van der Waals surface area contributed by atoms with Crippen molar-refractivity contribution >= 4 is 22.0 Å². The van der Waals surface area contributed by atoms with E-state index in [1.54, 1.807) is 17.0 Å². The number of morpholine rings is 1. The highest BCUT2D eigenvalue weighted by Crippen LogP contribution is 2.09. The van der Waals surface area contributed by atoms with Crippen LogP contribution in [0.2, 0.25) is 0 Å². The number of hydrogen-bond acceptors (Lipinski definition) is 5. The fourth-order valence-corrected chi connectivity index (χ4v) is 2.94. The lowest BCUT2D eigenvalue weighted by molar-refractivity contribution is -0.134. The zero-order valence-electron chi connectivity index (χ0n) is 12.7. The zero-order chi connectivity index (χ0) is 16.9. The molecule has 23 heavy (non-hydrogen) atoms. The van der Waals surface area contributed by atoms with Gasteiger partial charge in [-0.3, -0.25) is 4.79 Å². The van der Waals surface area contributed by atoms with Crippen LogP contribution in [0, 0.1) is 6.92 Å².